The zero-order chi connectivity index (χ0) is 22.1. The Hall–Kier alpha value is -2.49. The number of aryl methyl sites for hydroxylation is 1. The molecule has 2 aromatic carbocycles. The topological polar surface area (TPSA) is 27.1 Å². The summed E-state index contributed by atoms with van der Waals surface area (Å²) in [6.45, 7) is 1.94. The third kappa shape index (κ3) is 5.16. The Kier molecular flexibility index (Phi) is 6.16. The molecule has 0 radical (unpaired) electrons. The summed E-state index contributed by atoms with van der Waals surface area (Å²) < 4.78 is 81.3. The predicted octanol–water partition coefficient (Wildman–Crippen LogP) is 7.17. The molecule has 10 heteroatoms. The third-order valence-electron chi connectivity index (χ3n) is 4.20. The zero-order valence-electron chi connectivity index (χ0n) is 15.5. The van der Waals surface area contributed by atoms with Crippen LogP contribution in [0.25, 0.3) is 16.8 Å². The molecule has 0 spiro atoms. The summed E-state index contributed by atoms with van der Waals surface area (Å²) in [4.78, 5) is 0. The van der Waals surface area contributed by atoms with E-state index < -0.39 is 18.1 Å². The van der Waals surface area contributed by atoms with E-state index in [0.717, 1.165) is 18.6 Å². The van der Waals surface area contributed by atoms with E-state index in [9.17, 15) is 26.3 Å². The van der Waals surface area contributed by atoms with Crippen molar-refractivity contribution in [3.8, 4) is 22.6 Å². The van der Waals surface area contributed by atoms with E-state index in [2.05, 4.69) is 25.8 Å². The van der Waals surface area contributed by atoms with Gasteiger partial charge >= 0.3 is 12.5 Å². The number of hydrogen-bond acceptors (Lipinski definition) is 2. The van der Waals surface area contributed by atoms with Crippen LogP contribution in [0.2, 0.25) is 0 Å². The van der Waals surface area contributed by atoms with Crippen molar-refractivity contribution in [2.24, 2.45) is 0 Å². The van der Waals surface area contributed by atoms with E-state index in [1.807, 2.05) is 6.92 Å². The lowest BCUT2D eigenvalue weighted by molar-refractivity contribution is -0.274. The van der Waals surface area contributed by atoms with Crippen LogP contribution in [0.1, 0.15) is 24.6 Å². The molecule has 0 aliphatic carbocycles. The first-order valence-electron chi connectivity index (χ1n) is 8.80. The Morgan fingerprint density at radius 2 is 1.67 bits per heavy atom. The highest BCUT2D eigenvalue weighted by atomic mass is 79.9. The summed E-state index contributed by atoms with van der Waals surface area (Å²) in [6, 6.07) is 8.59. The van der Waals surface area contributed by atoms with Crippen LogP contribution >= 0.6 is 15.9 Å². The maximum atomic E-state index is 12.9. The fraction of sp³-hybridized carbons (Fsp3) is 0.250. The second-order valence-corrected chi connectivity index (χ2v) is 7.27. The van der Waals surface area contributed by atoms with Gasteiger partial charge in [0.1, 0.15) is 5.75 Å². The molecule has 1 heterocycles. The molecule has 3 nitrogen and oxygen atoms in total. The lowest BCUT2D eigenvalue weighted by Crippen LogP contribution is -2.16. The van der Waals surface area contributed by atoms with Gasteiger partial charge in [0.25, 0.3) is 0 Å². The molecule has 0 saturated carbocycles. The van der Waals surface area contributed by atoms with E-state index in [1.54, 1.807) is 6.20 Å². The van der Waals surface area contributed by atoms with Gasteiger partial charge in [-0.3, -0.25) is 0 Å². The number of nitrogens with zero attached hydrogens (tertiary/aromatic N) is 2. The molecule has 0 amide bonds. The SMILES string of the molecule is CCCc1nn(-c2ccc(C(F)(F)F)cc2Br)cc1-c1ccc(OC(F)(F)F)cc1. The van der Waals surface area contributed by atoms with Crippen LogP contribution in [0.15, 0.2) is 53.1 Å². The Bertz CT molecular complexity index is 1030. The highest BCUT2D eigenvalue weighted by Gasteiger charge is 2.32. The van der Waals surface area contributed by atoms with Crippen molar-refractivity contribution in [2.45, 2.75) is 32.3 Å². The molecule has 0 unspecified atom stereocenters. The Labute approximate surface area is 176 Å². The number of rotatable bonds is 5. The summed E-state index contributed by atoms with van der Waals surface area (Å²) in [5.74, 6) is -0.346. The second kappa shape index (κ2) is 8.33. The van der Waals surface area contributed by atoms with E-state index in [1.165, 1.54) is 35.0 Å². The Balaban J connectivity index is 1.98. The molecule has 0 aliphatic heterocycles. The summed E-state index contributed by atoms with van der Waals surface area (Å²) in [5.41, 5.74) is 1.57. The first kappa shape index (κ1) is 22.2. The molecule has 160 valence electrons. The van der Waals surface area contributed by atoms with Crippen LogP contribution in [0.3, 0.4) is 0 Å². The summed E-state index contributed by atoms with van der Waals surface area (Å²) in [5, 5.41) is 4.48. The first-order valence-corrected chi connectivity index (χ1v) is 9.59. The van der Waals surface area contributed by atoms with Gasteiger partial charge in [0.05, 0.1) is 16.9 Å². The maximum Gasteiger partial charge on any atom is 0.573 e. The van der Waals surface area contributed by atoms with Crippen molar-refractivity contribution >= 4 is 15.9 Å². The van der Waals surface area contributed by atoms with Crippen LogP contribution in [-0.2, 0) is 12.6 Å². The number of ether oxygens (including phenoxy) is 1. The summed E-state index contributed by atoms with van der Waals surface area (Å²) >= 11 is 3.16. The second-order valence-electron chi connectivity index (χ2n) is 6.42. The van der Waals surface area contributed by atoms with Crippen molar-refractivity contribution < 1.29 is 31.1 Å². The summed E-state index contributed by atoms with van der Waals surface area (Å²) in [6.07, 6.45) is -6.27. The average Bonchev–Trinajstić information content (AvgIpc) is 3.04. The van der Waals surface area contributed by atoms with Crippen molar-refractivity contribution in [2.75, 3.05) is 0 Å². The Morgan fingerprint density at radius 3 is 2.20 bits per heavy atom. The van der Waals surface area contributed by atoms with Gasteiger partial charge in [0, 0.05) is 16.2 Å². The largest absolute Gasteiger partial charge is 0.573 e. The quantitative estimate of drug-likeness (QED) is 0.353. The molecular formula is C20H15BrF6N2O. The average molecular weight is 493 g/mol. The number of hydrogen-bond donors (Lipinski definition) is 0. The molecule has 1 aromatic heterocycles. The van der Waals surface area contributed by atoms with Crippen LogP contribution < -0.4 is 4.74 Å². The minimum atomic E-state index is -4.78. The molecule has 0 bridgehead atoms. The van der Waals surface area contributed by atoms with Gasteiger partial charge in [-0.15, -0.1) is 13.2 Å². The first-order chi connectivity index (χ1) is 14.0. The molecule has 3 rings (SSSR count). The molecule has 0 aliphatic rings. The van der Waals surface area contributed by atoms with Gasteiger partial charge < -0.3 is 4.74 Å². The zero-order valence-corrected chi connectivity index (χ0v) is 17.1. The number of benzene rings is 2. The monoisotopic (exact) mass is 492 g/mol. The maximum absolute atomic E-state index is 12.9. The van der Waals surface area contributed by atoms with Crippen molar-refractivity contribution in [3.63, 3.8) is 0 Å². The molecule has 30 heavy (non-hydrogen) atoms. The smallest absolute Gasteiger partial charge is 0.406 e. The predicted molar refractivity (Wildman–Crippen MR) is 102 cm³/mol. The normalized spacial score (nSPS) is 12.3. The van der Waals surface area contributed by atoms with Crippen LogP contribution in [0, 0.1) is 0 Å². The molecule has 0 atom stereocenters. The van der Waals surface area contributed by atoms with Gasteiger partial charge in [-0.2, -0.15) is 18.3 Å². The van der Waals surface area contributed by atoms with Gasteiger partial charge in [-0.25, -0.2) is 4.68 Å². The summed E-state index contributed by atoms with van der Waals surface area (Å²) in [7, 11) is 0. The molecular weight excluding hydrogens is 478 g/mol. The van der Waals surface area contributed by atoms with Crippen molar-refractivity contribution in [1.82, 2.24) is 9.78 Å². The minimum Gasteiger partial charge on any atom is -0.406 e. The lowest BCUT2D eigenvalue weighted by atomic mass is 10.0. The number of halogens is 7. The standard InChI is InChI=1S/C20H15BrF6N2O/c1-2-3-17-15(12-4-7-14(8-5-12)30-20(25,26)27)11-29(28-17)18-9-6-13(10-16(18)21)19(22,23)24/h4-11H,2-3H2,1H3. The lowest BCUT2D eigenvalue weighted by Gasteiger charge is -2.10. The highest BCUT2D eigenvalue weighted by molar-refractivity contribution is 9.10. The van der Waals surface area contributed by atoms with Crippen molar-refractivity contribution in [3.05, 3.63) is 64.4 Å². The van der Waals surface area contributed by atoms with Crippen LogP contribution in [0.4, 0.5) is 26.3 Å². The fourth-order valence-electron chi connectivity index (χ4n) is 2.90. The molecule has 0 saturated heterocycles. The molecule has 0 N–H and O–H groups in total. The van der Waals surface area contributed by atoms with Gasteiger partial charge in [0.2, 0.25) is 0 Å². The fourth-order valence-corrected chi connectivity index (χ4v) is 3.46. The van der Waals surface area contributed by atoms with Crippen LogP contribution in [0.5, 0.6) is 5.75 Å². The van der Waals surface area contributed by atoms with Gasteiger partial charge in [-0.05, 0) is 58.2 Å². The molecule has 0 fully saturated rings. The highest BCUT2D eigenvalue weighted by Crippen LogP contribution is 2.35. The van der Waals surface area contributed by atoms with E-state index in [4.69, 9.17) is 0 Å². The Morgan fingerprint density at radius 1 is 1.00 bits per heavy atom. The number of aromatic nitrogens is 2. The van der Waals surface area contributed by atoms with E-state index >= 15 is 0 Å². The van der Waals surface area contributed by atoms with Crippen LogP contribution in [-0.4, -0.2) is 16.1 Å². The van der Waals surface area contributed by atoms with E-state index in [-0.39, 0.29) is 10.2 Å². The van der Waals surface area contributed by atoms with E-state index in [0.29, 0.717) is 28.9 Å². The third-order valence-corrected chi connectivity index (χ3v) is 4.83. The van der Waals surface area contributed by atoms with Gasteiger partial charge in [-0.1, -0.05) is 25.5 Å². The van der Waals surface area contributed by atoms with Gasteiger partial charge in [0.15, 0.2) is 0 Å². The molecule has 3 aromatic rings. The number of alkyl halides is 6. The van der Waals surface area contributed by atoms with Crippen molar-refractivity contribution in [1.29, 1.82) is 0 Å². The minimum absolute atomic E-state index is 0.211.